The molecule has 0 aliphatic rings. The van der Waals surface area contributed by atoms with Gasteiger partial charge in [-0.3, -0.25) is 4.68 Å². The molecular weight excluding hydrogens is 536 g/mol. The van der Waals surface area contributed by atoms with E-state index in [-0.39, 0.29) is 43.7 Å². The van der Waals surface area contributed by atoms with E-state index >= 15 is 0 Å². The van der Waals surface area contributed by atoms with Gasteiger partial charge in [0.25, 0.3) is 5.60 Å². The lowest BCUT2D eigenvalue weighted by atomic mass is 10.0. The first-order chi connectivity index (χ1) is 17.2. The van der Waals surface area contributed by atoms with Gasteiger partial charge in [0.05, 0.1) is 41.7 Å². The molecule has 0 spiro atoms. The van der Waals surface area contributed by atoms with Crippen LogP contribution in [0.25, 0.3) is 16.9 Å². The SMILES string of the molecule is COc1ncc(Cl)cc1-c1nn(CC(O)(C(F)(F)F)C(F)(F)F)cc1NC(O)c1cnn2cccnc12. The number of nitrogens with zero attached hydrogens (tertiary/aromatic N) is 6. The van der Waals surface area contributed by atoms with Crippen LogP contribution in [0.2, 0.25) is 5.02 Å². The molecule has 0 saturated heterocycles. The van der Waals surface area contributed by atoms with Gasteiger partial charge in [-0.25, -0.2) is 14.5 Å². The summed E-state index contributed by atoms with van der Waals surface area (Å²) < 4.78 is 86.5. The minimum Gasteiger partial charge on any atom is -0.481 e. The Hall–Kier alpha value is -3.63. The number of fused-ring (bicyclic) bond motifs is 1. The van der Waals surface area contributed by atoms with Crippen LogP contribution in [0.5, 0.6) is 5.88 Å². The summed E-state index contributed by atoms with van der Waals surface area (Å²) in [6, 6.07) is 2.83. The summed E-state index contributed by atoms with van der Waals surface area (Å²) in [5, 5.41) is 30.9. The van der Waals surface area contributed by atoms with Crippen molar-refractivity contribution in [1.82, 2.24) is 29.4 Å². The third kappa shape index (κ3) is 4.86. The van der Waals surface area contributed by atoms with Crippen molar-refractivity contribution in [2.75, 3.05) is 12.4 Å². The zero-order valence-electron chi connectivity index (χ0n) is 18.5. The van der Waals surface area contributed by atoms with Crippen LogP contribution in [0.15, 0.2) is 43.1 Å². The maximum atomic E-state index is 13.3. The van der Waals surface area contributed by atoms with Gasteiger partial charge in [0.2, 0.25) is 5.88 Å². The number of aliphatic hydroxyl groups is 2. The van der Waals surface area contributed by atoms with Crippen molar-refractivity contribution in [3.63, 3.8) is 0 Å². The van der Waals surface area contributed by atoms with Crippen molar-refractivity contribution in [2.45, 2.75) is 30.7 Å². The van der Waals surface area contributed by atoms with E-state index in [9.17, 15) is 36.6 Å². The van der Waals surface area contributed by atoms with Crippen molar-refractivity contribution in [1.29, 1.82) is 0 Å². The van der Waals surface area contributed by atoms with E-state index in [1.54, 1.807) is 12.3 Å². The average Bonchev–Trinajstić information content (AvgIpc) is 3.41. The van der Waals surface area contributed by atoms with Gasteiger partial charge in [-0.1, -0.05) is 11.6 Å². The Morgan fingerprint density at radius 3 is 2.49 bits per heavy atom. The molecule has 1 atom stereocenters. The van der Waals surface area contributed by atoms with Crippen molar-refractivity contribution in [3.8, 4) is 17.1 Å². The number of anilines is 1. The number of aromatic nitrogens is 6. The largest absolute Gasteiger partial charge is 0.481 e. The highest BCUT2D eigenvalue weighted by Crippen LogP contribution is 2.45. The molecule has 0 saturated carbocycles. The minimum absolute atomic E-state index is 0.0241. The molecule has 0 aromatic carbocycles. The first-order valence-electron chi connectivity index (χ1n) is 10.1. The molecule has 0 aliphatic heterocycles. The minimum atomic E-state index is -6.08. The molecule has 4 aromatic heterocycles. The average molecular weight is 552 g/mol. The smallest absolute Gasteiger partial charge is 0.428 e. The number of hydrogen-bond acceptors (Lipinski definition) is 8. The Labute approximate surface area is 208 Å². The molecule has 37 heavy (non-hydrogen) atoms. The second-order valence-electron chi connectivity index (χ2n) is 7.69. The zero-order valence-corrected chi connectivity index (χ0v) is 19.2. The van der Waals surface area contributed by atoms with E-state index in [1.165, 1.54) is 36.3 Å². The number of alkyl halides is 6. The lowest BCUT2D eigenvalue weighted by molar-refractivity contribution is -0.372. The van der Waals surface area contributed by atoms with E-state index in [0.717, 1.165) is 6.20 Å². The van der Waals surface area contributed by atoms with Crippen LogP contribution in [-0.4, -0.2) is 64.6 Å². The highest BCUT2D eigenvalue weighted by Gasteiger charge is 2.70. The molecular formula is C20H16ClF6N7O3. The van der Waals surface area contributed by atoms with Crippen LogP contribution in [0.1, 0.15) is 11.8 Å². The summed E-state index contributed by atoms with van der Waals surface area (Å²) in [6.07, 6.45) is -7.58. The number of halogens is 7. The molecule has 10 nitrogen and oxygen atoms in total. The number of nitrogens with one attached hydrogen (secondary N) is 1. The van der Waals surface area contributed by atoms with Crippen molar-refractivity contribution >= 4 is 22.9 Å². The summed E-state index contributed by atoms with van der Waals surface area (Å²) in [5.74, 6) is -0.119. The Bertz CT molecular complexity index is 1410. The lowest BCUT2D eigenvalue weighted by Crippen LogP contribution is -2.59. The lowest BCUT2D eigenvalue weighted by Gasteiger charge is -2.32. The van der Waals surface area contributed by atoms with Gasteiger partial charge < -0.3 is 20.3 Å². The summed E-state index contributed by atoms with van der Waals surface area (Å²) in [4.78, 5) is 8.00. The number of methoxy groups -OCH3 is 1. The van der Waals surface area contributed by atoms with Crippen LogP contribution in [0.4, 0.5) is 32.0 Å². The maximum absolute atomic E-state index is 13.3. The number of aliphatic hydroxyl groups excluding tert-OH is 1. The van der Waals surface area contributed by atoms with Gasteiger partial charge in [-0.2, -0.15) is 36.5 Å². The van der Waals surface area contributed by atoms with Crippen LogP contribution >= 0.6 is 11.6 Å². The number of ether oxygens (including phenoxy) is 1. The second kappa shape index (κ2) is 9.35. The van der Waals surface area contributed by atoms with E-state index in [4.69, 9.17) is 16.3 Å². The third-order valence-corrected chi connectivity index (χ3v) is 5.46. The molecule has 0 amide bonds. The third-order valence-electron chi connectivity index (χ3n) is 5.25. The van der Waals surface area contributed by atoms with Gasteiger partial charge in [0, 0.05) is 24.8 Å². The summed E-state index contributed by atoms with van der Waals surface area (Å²) in [6.45, 7) is -2.04. The van der Waals surface area contributed by atoms with Gasteiger partial charge in [-0.05, 0) is 12.1 Å². The highest BCUT2D eigenvalue weighted by molar-refractivity contribution is 6.30. The number of pyridine rings is 1. The Morgan fingerprint density at radius 2 is 1.84 bits per heavy atom. The fourth-order valence-electron chi connectivity index (χ4n) is 3.40. The van der Waals surface area contributed by atoms with Gasteiger partial charge in [0.1, 0.15) is 5.69 Å². The molecule has 0 bridgehead atoms. The molecule has 1 unspecified atom stereocenters. The van der Waals surface area contributed by atoms with Crippen molar-refractivity contribution in [3.05, 3.63) is 53.7 Å². The summed E-state index contributed by atoms with van der Waals surface area (Å²) in [7, 11) is 1.22. The van der Waals surface area contributed by atoms with Gasteiger partial charge >= 0.3 is 12.4 Å². The van der Waals surface area contributed by atoms with Crippen molar-refractivity contribution in [2.24, 2.45) is 0 Å². The van der Waals surface area contributed by atoms with Crippen LogP contribution in [0.3, 0.4) is 0 Å². The fraction of sp³-hybridized carbons (Fsp3) is 0.300. The van der Waals surface area contributed by atoms with E-state index in [0.29, 0.717) is 0 Å². The standard InChI is InChI=1S/C20H16ClF6N7O3/c1-37-17-11(5-10(21)6-29-17)14-13(31-16(35)12-7-30-34-4-2-3-28-15(12)34)8-33(32-14)9-18(36,19(22,23)24)20(25,26)27/h2-8,16,31,35-36H,9H2,1H3. The van der Waals surface area contributed by atoms with E-state index in [1.807, 2.05) is 0 Å². The Kier molecular flexibility index (Phi) is 6.68. The first kappa shape index (κ1) is 26.4. The molecule has 0 aliphatic carbocycles. The highest BCUT2D eigenvalue weighted by atomic mass is 35.5. The summed E-state index contributed by atoms with van der Waals surface area (Å²) >= 11 is 5.98. The topological polar surface area (TPSA) is 123 Å². The fourth-order valence-corrected chi connectivity index (χ4v) is 3.56. The predicted octanol–water partition coefficient (Wildman–Crippen LogP) is 3.61. The summed E-state index contributed by atoms with van der Waals surface area (Å²) in [5.41, 5.74) is -5.30. The molecule has 17 heteroatoms. The Balaban J connectivity index is 1.81. The van der Waals surface area contributed by atoms with Crippen molar-refractivity contribution < 1.29 is 41.3 Å². The van der Waals surface area contributed by atoms with E-state index < -0.39 is 30.7 Å². The van der Waals surface area contributed by atoms with Crippen LogP contribution < -0.4 is 10.1 Å². The molecule has 4 aromatic rings. The first-order valence-corrected chi connectivity index (χ1v) is 10.5. The molecule has 3 N–H and O–H groups in total. The van der Waals surface area contributed by atoms with Gasteiger partial charge in [0.15, 0.2) is 11.9 Å². The molecule has 0 radical (unpaired) electrons. The molecule has 4 rings (SSSR count). The second-order valence-corrected chi connectivity index (χ2v) is 8.13. The normalized spacial score (nSPS) is 13.7. The number of rotatable bonds is 7. The van der Waals surface area contributed by atoms with Crippen LogP contribution in [-0.2, 0) is 6.54 Å². The van der Waals surface area contributed by atoms with Crippen LogP contribution in [0, 0.1) is 0 Å². The quantitative estimate of drug-likeness (QED) is 0.235. The zero-order chi connectivity index (χ0) is 27.2. The molecule has 0 fully saturated rings. The Morgan fingerprint density at radius 1 is 1.14 bits per heavy atom. The van der Waals surface area contributed by atoms with E-state index in [2.05, 4.69) is 25.5 Å². The molecule has 4 heterocycles. The van der Waals surface area contributed by atoms with Gasteiger partial charge in [-0.15, -0.1) is 0 Å². The maximum Gasteiger partial charge on any atom is 0.428 e. The number of hydrogen-bond donors (Lipinski definition) is 3. The monoisotopic (exact) mass is 551 g/mol. The molecule has 198 valence electrons. The predicted molar refractivity (Wildman–Crippen MR) is 116 cm³/mol.